The number of amides is 1. The van der Waals surface area contributed by atoms with E-state index in [1.807, 2.05) is 0 Å². The van der Waals surface area contributed by atoms with Crippen molar-refractivity contribution in [1.29, 1.82) is 0 Å². The Morgan fingerprint density at radius 1 is 1.50 bits per heavy atom. The Bertz CT molecular complexity index is 179. The summed E-state index contributed by atoms with van der Waals surface area (Å²) in [6.07, 6.45) is 2.38. The highest BCUT2D eigenvalue weighted by Crippen LogP contribution is 2.15. The summed E-state index contributed by atoms with van der Waals surface area (Å²) in [6, 6.07) is 0. The van der Waals surface area contributed by atoms with Gasteiger partial charge in [-0.25, -0.2) is 0 Å². The van der Waals surface area contributed by atoms with Crippen LogP contribution in [0.4, 0.5) is 0 Å². The molecule has 0 spiro atoms. The molecule has 0 aromatic carbocycles. The molecule has 82 valence electrons. The van der Waals surface area contributed by atoms with Crippen LogP contribution in [0.5, 0.6) is 0 Å². The summed E-state index contributed by atoms with van der Waals surface area (Å²) in [5.41, 5.74) is 0. The van der Waals surface area contributed by atoms with Gasteiger partial charge in [0.1, 0.15) is 5.88 Å². The predicted molar refractivity (Wildman–Crippen MR) is 58.6 cm³/mol. The van der Waals surface area contributed by atoms with Crippen molar-refractivity contribution in [2.75, 3.05) is 32.1 Å². The van der Waals surface area contributed by atoms with E-state index in [9.17, 15) is 4.79 Å². The van der Waals surface area contributed by atoms with Gasteiger partial charge >= 0.3 is 0 Å². The molecule has 0 radical (unpaired) electrons. The normalized spacial score (nSPS) is 19.6. The van der Waals surface area contributed by atoms with E-state index < -0.39 is 0 Å². The van der Waals surface area contributed by atoms with Gasteiger partial charge in [-0.2, -0.15) is 0 Å². The number of rotatable bonds is 4. The largest absolute Gasteiger partial charge is 0.355 e. The first-order chi connectivity index (χ1) is 6.76. The standard InChI is InChI=1S/C10H19ClN2O/c1-2-13-5-3-9(4-6-13)8-12-10(14)7-11/h9H,2-8H2,1H3,(H,12,14). The molecule has 1 fully saturated rings. The molecule has 14 heavy (non-hydrogen) atoms. The van der Waals surface area contributed by atoms with Crippen LogP contribution in [-0.4, -0.2) is 42.9 Å². The average molecular weight is 219 g/mol. The van der Waals surface area contributed by atoms with Crippen LogP contribution >= 0.6 is 11.6 Å². The zero-order valence-electron chi connectivity index (χ0n) is 8.76. The molecule has 1 aliphatic heterocycles. The van der Waals surface area contributed by atoms with Gasteiger partial charge in [0.15, 0.2) is 0 Å². The first kappa shape index (κ1) is 11.8. The molecule has 0 aromatic heterocycles. The Labute approximate surface area is 90.8 Å². The van der Waals surface area contributed by atoms with Crippen molar-refractivity contribution in [2.24, 2.45) is 5.92 Å². The minimum Gasteiger partial charge on any atom is -0.355 e. The minimum absolute atomic E-state index is 0.0513. The van der Waals surface area contributed by atoms with Crippen molar-refractivity contribution in [3.63, 3.8) is 0 Å². The van der Waals surface area contributed by atoms with E-state index in [0.717, 1.165) is 26.2 Å². The maximum absolute atomic E-state index is 10.9. The number of piperidine rings is 1. The van der Waals surface area contributed by atoms with Crippen molar-refractivity contribution in [1.82, 2.24) is 10.2 Å². The van der Waals surface area contributed by atoms with Gasteiger partial charge < -0.3 is 10.2 Å². The molecule has 1 rings (SSSR count). The third-order valence-electron chi connectivity index (χ3n) is 2.86. The number of carbonyl (C=O) groups excluding carboxylic acids is 1. The first-order valence-corrected chi connectivity index (χ1v) is 5.84. The van der Waals surface area contributed by atoms with Gasteiger partial charge in [0.25, 0.3) is 0 Å². The van der Waals surface area contributed by atoms with Crippen LogP contribution in [0.3, 0.4) is 0 Å². The third-order valence-corrected chi connectivity index (χ3v) is 3.11. The van der Waals surface area contributed by atoms with Gasteiger partial charge in [-0.1, -0.05) is 6.92 Å². The number of alkyl halides is 1. The molecule has 1 saturated heterocycles. The monoisotopic (exact) mass is 218 g/mol. The van der Waals surface area contributed by atoms with Crippen LogP contribution in [-0.2, 0) is 4.79 Å². The van der Waals surface area contributed by atoms with Crippen molar-refractivity contribution in [2.45, 2.75) is 19.8 Å². The van der Waals surface area contributed by atoms with E-state index in [2.05, 4.69) is 17.1 Å². The van der Waals surface area contributed by atoms with Gasteiger partial charge in [0.2, 0.25) is 5.91 Å². The van der Waals surface area contributed by atoms with E-state index in [-0.39, 0.29) is 11.8 Å². The highest BCUT2D eigenvalue weighted by Gasteiger charge is 2.17. The number of likely N-dealkylation sites (tertiary alicyclic amines) is 1. The van der Waals surface area contributed by atoms with Gasteiger partial charge in [0, 0.05) is 6.54 Å². The molecular formula is C10H19ClN2O. The second kappa shape index (κ2) is 6.25. The molecule has 0 bridgehead atoms. The topological polar surface area (TPSA) is 32.3 Å². The molecule has 0 unspecified atom stereocenters. The molecule has 0 atom stereocenters. The maximum atomic E-state index is 10.9. The highest BCUT2D eigenvalue weighted by molar-refractivity contribution is 6.27. The molecule has 1 N–H and O–H groups in total. The molecule has 0 aromatic rings. The number of hydrogen-bond donors (Lipinski definition) is 1. The van der Waals surface area contributed by atoms with E-state index in [1.54, 1.807) is 0 Å². The quantitative estimate of drug-likeness (QED) is 0.717. The Morgan fingerprint density at radius 2 is 2.14 bits per heavy atom. The fourth-order valence-electron chi connectivity index (χ4n) is 1.81. The lowest BCUT2D eigenvalue weighted by Gasteiger charge is -2.30. The van der Waals surface area contributed by atoms with Gasteiger partial charge in [0.05, 0.1) is 0 Å². The lowest BCUT2D eigenvalue weighted by Crippen LogP contribution is -2.38. The van der Waals surface area contributed by atoms with Gasteiger partial charge in [-0.05, 0) is 38.4 Å². The number of hydrogen-bond acceptors (Lipinski definition) is 2. The summed E-state index contributed by atoms with van der Waals surface area (Å²) >= 11 is 5.40. The molecule has 3 nitrogen and oxygen atoms in total. The summed E-state index contributed by atoms with van der Waals surface area (Å²) in [4.78, 5) is 13.4. The molecular weight excluding hydrogens is 200 g/mol. The van der Waals surface area contributed by atoms with Crippen LogP contribution in [0.2, 0.25) is 0 Å². The fourth-order valence-corrected chi connectivity index (χ4v) is 1.91. The Kier molecular flexibility index (Phi) is 5.26. The maximum Gasteiger partial charge on any atom is 0.234 e. The van der Waals surface area contributed by atoms with Crippen molar-refractivity contribution >= 4 is 17.5 Å². The summed E-state index contributed by atoms with van der Waals surface area (Å²) in [5, 5.41) is 2.85. The minimum atomic E-state index is -0.0513. The summed E-state index contributed by atoms with van der Waals surface area (Å²) < 4.78 is 0. The van der Waals surface area contributed by atoms with Crippen molar-refractivity contribution < 1.29 is 4.79 Å². The molecule has 1 aliphatic rings. The van der Waals surface area contributed by atoms with Crippen LogP contribution in [0, 0.1) is 5.92 Å². The number of nitrogens with one attached hydrogen (secondary N) is 1. The third kappa shape index (κ3) is 3.84. The Balaban J connectivity index is 2.13. The van der Waals surface area contributed by atoms with Crippen LogP contribution in [0.1, 0.15) is 19.8 Å². The Hall–Kier alpha value is -0.280. The zero-order valence-corrected chi connectivity index (χ0v) is 9.52. The summed E-state index contributed by atoms with van der Waals surface area (Å²) in [7, 11) is 0. The summed E-state index contributed by atoms with van der Waals surface area (Å²) in [5.74, 6) is 0.669. The van der Waals surface area contributed by atoms with Crippen LogP contribution in [0.25, 0.3) is 0 Å². The van der Waals surface area contributed by atoms with Gasteiger partial charge in [-0.3, -0.25) is 4.79 Å². The molecule has 1 amide bonds. The van der Waals surface area contributed by atoms with E-state index in [0.29, 0.717) is 5.92 Å². The van der Waals surface area contributed by atoms with Crippen LogP contribution in [0.15, 0.2) is 0 Å². The second-order valence-corrected chi connectivity index (χ2v) is 4.08. The number of halogens is 1. The Morgan fingerprint density at radius 3 is 2.64 bits per heavy atom. The first-order valence-electron chi connectivity index (χ1n) is 5.31. The van der Waals surface area contributed by atoms with Gasteiger partial charge in [-0.15, -0.1) is 11.6 Å². The second-order valence-electron chi connectivity index (χ2n) is 3.82. The van der Waals surface area contributed by atoms with Crippen LogP contribution < -0.4 is 5.32 Å². The lowest BCUT2D eigenvalue weighted by atomic mass is 9.97. The number of carbonyl (C=O) groups is 1. The molecule has 0 saturated carbocycles. The SMILES string of the molecule is CCN1CCC(CNC(=O)CCl)CC1. The predicted octanol–water partition coefficient (Wildman–Crippen LogP) is 1.07. The van der Waals surface area contributed by atoms with E-state index in [4.69, 9.17) is 11.6 Å². The molecule has 0 aliphatic carbocycles. The lowest BCUT2D eigenvalue weighted by molar-refractivity contribution is -0.118. The van der Waals surface area contributed by atoms with E-state index in [1.165, 1.54) is 12.8 Å². The summed E-state index contributed by atoms with van der Waals surface area (Å²) in [6.45, 7) is 6.45. The molecule has 4 heteroatoms. The average Bonchev–Trinajstić information content (AvgIpc) is 2.26. The molecule has 1 heterocycles. The highest BCUT2D eigenvalue weighted by atomic mass is 35.5. The van der Waals surface area contributed by atoms with Crippen molar-refractivity contribution in [3.8, 4) is 0 Å². The smallest absolute Gasteiger partial charge is 0.234 e. The zero-order chi connectivity index (χ0) is 10.4. The number of nitrogens with zero attached hydrogens (tertiary/aromatic N) is 1. The van der Waals surface area contributed by atoms with Crippen molar-refractivity contribution in [3.05, 3.63) is 0 Å². The van der Waals surface area contributed by atoms with E-state index >= 15 is 0 Å². The fraction of sp³-hybridized carbons (Fsp3) is 0.900.